The van der Waals surface area contributed by atoms with Gasteiger partial charge in [-0.05, 0) is 51.7 Å². The highest BCUT2D eigenvalue weighted by atomic mass is 32.2. The second-order valence-corrected chi connectivity index (χ2v) is 8.48. The van der Waals surface area contributed by atoms with Crippen LogP contribution in [0.5, 0.6) is 0 Å². The molecule has 0 bridgehead atoms. The first kappa shape index (κ1) is 18.4. The molecule has 23 heavy (non-hydrogen) atoms. The van der Waals surface area contributed by atoms with Crippen molar-refractivity contribution >= 4 is 23.6 Å². The van der Waals surface area contributed by atoms with E-state index in [1.807, 2.05) is 11.8 Å². The molecule has 1 unspecified atom stereocenters. The Morgan fingerprint density at radius 1 is 1.22 bits per heavy atom. The van der Waals surface area contributed by atoms with Crippen molar-refractivity contribution in [1.82, 2.24) is 16.0 Å². The molecule has 3 N–H and O–H groups in total. The Balaban J connectivity index is 1.62. The van der Waals surface area contributed by atoms with E-state index in [4.69, 9.17) is 4.99 Å². The van der Waals surface area contributed by atoms with Gasteiger partial charge in [-0.15, -0.1) is 0 Å². The van der Waals surface area contributed by atoms with Gasteiger partial charge in [0.05, 0.1) is 6.54 Å². The van der Waals surface area contributed by atoms with Crippen LogP contribution in [0.1, 0.15) is 52.4 Å². The van der Waals surface area contributed by atoms with Crippen LogP contribution in [0.3, 0.4) is 0 Å². The molecule has 0 radical (unpaired) electrons. The molecule has 1 atom stereocenters. The van der Waals surface area contributed by atoms with Gasteiger partial charge in [0.25, 0.3) is 0 Å². The second-order valence-electron chi connectivity index (χ2n) is 6.80. The Hall–Kier alpha value is -0.910. The second kappa shape index (κ2) is 9.40. The number of nitrogens with zero attached hydrogens (tertiary/aromatic N) is 1. The van der Waals surface area contributed by atoms with Gasteiger partial charge >= 0.3 is 0 Å². The van der Waals surface area contributed by atoms with E-state index in [1.54, 1.807) is 0 Å². The molecule has 0 aromatic heterocycles. The summed E-state index contributed by atoms with van der Waals surface area (Å²) >= 11 is 2.04. The van der Waals surface area contributed by atoms with Gasteiger partial charge in [-0.2, -0.15) is 11.8 Å². The smallest absolute Gasteiger partial charge is 0.223 e. The number of carbonyl (C=O) groups is 1. The lowest BCUT2D eigenvalue weighted by molar-refractivity contribution is -0.127. The molecule has 1 heterocycles. The van der Waals surface area contributed by atoms with Crippen LogP contribution in [0.2, 0.25) is 0 Å². The highest BCUT2D eigenvalue weighted by molar-refractivity contribution is 8.00. The number of carbonyl (C=O) groups excluding carboxylic acids is 1. The van der Waals surface area contributed by atoms with Crippen molar-refractivity contribution in [2.75, 3.05) is 31.9 Å². The van der Waals surface area contributed by atoms with Gasteiger partial charge in [-0.1, -0.05) is 6.42 Å². The largest absolute Gasteiger partial charge is 0.357 e. The molecule has 1 saturated carbocycles. The van der Waals surface area contributed by atoms with Gasteiger partial charge in [0, 0.05) is 30.3 Å². The maximum atomic E-state index is 11.7. The van der Waals surface area contributed by atoms with Gasteiger partial charge in [0.15, 0.2) is 5.96 Å². The number of thioether (sulfide) groups is 1. The highest BCUT2D eigenvalue weighted by Crippen LogP contribution is 2.37. The molecule has 1 aliphatic heterocycles. The van der Waals surface area contributed by atoms with Crippen LogP contribution >= 0.6 is 11.8 Å². The minimum atomic E-state index is 0.239. The first-order valence-electron chi connectivity index (χ1n) is 9.07. The molecule has 6 heteroatoms. The molecule has 5 nitrogen and oxygen atoms in total. The zero-order valence-electron chi connectivity index (χ0n) is 14.6. The van der Waals surface area contributed by atoms with Crippen molar-refractivity contribution in [1.29, 1.82) is 0 Å². The van der Waals surface area contributed by atoms with Crippen LogP contribution in [-0.2, 0) is 4.79 Å². The Bertz CT molecular complexity index is 403. The molecular weight excluding hydrogens is 308 g/mol. The maximum absolute atomic E-state index is 11.7. The van der Waals surface area contributed by atoms with Crippen molar-refractivity contribution < 1.29 is 4.79 Å². The van der Waals surface area contributed by atoms with Gasteiger partial charge in [-0.3, -0.25) is 9.79 Å². The fourth-order valence-electron chi connectivity index (χ4n) is 2.87. The third-order valence-electron chi connectivity index (χ3n) is 4.64. The molecule has 2 rings (SSSR count). The third kappa shape index (κ3) is 6.24. The quantitative estimate of drug-likeness (QED) is 0.360. The lowest BCUT2D eigenvalue weighted by Crippen LogP contribution is -2.40. The van der Waals surface area contributed by atoms with Crippen LogP contribution in [0, 0.1) is 5.92 Å². The van der Waals surface area contributed by atoms with Crippen LogP contribution < -0.4 is 16.0 Å². The van der Waals surface area contributed by atoms with Gasteiger partial charge in [0.2, 0.25) is 5.91 Å². The number of aliphatic imine (C=N–C) groups is 1. The summed E-state index contributed by atoms with van der Waals surface area (Å²) in [5.74, 6) is 2.68. The molecule has 0 aromatic rings. The zero-order chi connectivity index (χ0) is 16.5. The third-order valence-corrected chi connectivity index (χ3v) is 6.16. The van der Waals surface area contributed by atoms with Crippen molar-refractivity contribution in [2.45, 2.75) is 57.1 Å². The summed E-state index contributed by atoms with van der Waals surface area (Å²) in [5.41, 5.74) is 0. The van der Waals surface area contributed by atoms with E-state index in [0.717, 1.165) is 51.4 Å². The fraction of sp³-hybridized carbons (Fsp3) is 0.882. The number of hydrogen-bond acceptors (Lipinski definition) is 3. The maximum Gasteiger partial charge on any atom is 0.223 e. The average molecular weight is 341 g/mol. The van der Waals surface area contributed by atoms with Crippen LogP contribution in [0.25, 0.3) is 0 Å². The Kier molecular flexibility index (Phi) is 7.53. The molecule has 132 valence electrons. The zero-order valence-corrected chi connectivity index (χ0v) is 15.4. The van der Waals surface area contributed by atoms with Crippen molar-refractivity contribution in [3.05, 3.63) is 0 Å². The van der Waals surface area contributed by atoms with Crippen LogP contribution in [0.15, 0.2) is 4.99 Å². The summed E-state index contributed by atoms with van der Waals surface area (Å²) in [5, 5.41) is 9.70. The summed E-state index contributed by atoms with van der Waals surface area (Å²) in [4.78, 5) is 16.5. The topological polar surface area (TPSA) is 65.5 Å². The lowest BCUT2D eigenvalue weighted by atomic mass is 9.85. The molecular formula is C17H32N4OS. The summed E-state index contributed by atoms with van der Waals surface area (Å²) < 4.78 is 0.305. The molecule has 1 saturated heterocycles. The van der Waals surface area contributed by atoms with Crippen molar-refractivity contribution in [2.24, 2.45) is 10.9 Å². The number of hydrogen-bond donors (Lipinski definition) is 3. The van der Waals surface area contributed by atoms with Gasteiger partial charge in [-0.25, -0.2) is 0 Å². The van der Waals surface area contributed by atoms with E-state index in [1.165, 1.54) is 25.0 Å². The molecule has 1 amide bonds. The minimum Gasteiger partial charge on any atom is -0.357 e. The summed E-state index contributed by atoms with van der Waals surface area (Å²) in [6.07, 6.45) is 6.83. The summed E-state index contributed by atoms with van der Waals surface area (Å²) in [6.45, 7) is 7.71. The summed E-state index contributed by atoms with van der Waals surface area (Å²) in [7, 11) is 0. The first-order chi connectivity index (χ1) is 11.1. The summed E-state index contributed by atoms with van der Waals surface area (Å²) in [6, 6.07) is 0. The Labute approximate surface area is 144 Å². The average Bonchev–Trinajstić information content (AvgIpc) is 2.89. The Morgan fingerprint density at radius 3 is 2.61 bits per heavy atom. The first-order valence-corrected chi connectivity index (χ1v) is 10.1. The van der Waals surface area contributed by atoms with Crippen LogP contribution in [-0.4, -0.2) is 48.5 Å². The molecule has 1 aliphatic carbocycles. The van der Waals surface area contributed by atoms with E-state index >= 15 is 0 Å². The van der Waals surface area contributed by atoms with E-state index < -0.39 is 0 Å². The van der Waals surface area contributed by atoms with E-state index in [-0.39, 0.29) is 11.8 Å². The van der Waals surface area contributed by atoms with Crippen LogP contribution in [0.4, 0.5) is 0 Å². The standard InChI is InChI=1S/C17H32N4OS/c1-3-18-16(21-13-17(2)9-5-12-23-17)20-11-6-10-19-15(22)14-7-4-8-14/h14H,3-13H2,1-2H3,(H,19,22)(H2,18,20,21). The minimum absolute atomic E-state index is 0.239. The Morgan fingerprint density at radius 2 is 2.00 bits per heavy atom. The van der Waals surface area contributed by atoms with Gasteiger partial charge in [0.1, 0.15) is 0 Å². The fourth-order valence-corrected chi connectivity index (χ4v) is 4.10. The van der Waals surface area contributed by atoms with Crippen molar-refractivity contribution in [3.8, 4) is 0 Å². The predicted octanol–water partition coefficient (Wildman–Crippen LogP) is 2.13. The molecule has 2 fully saturated rings. The monoisotopic (exact) mass is 340 g/mol. The predicted molar refractivity (Wildman–Crippen MR) is 99.0 cm³/mol. The van der Waals surface area contributed by atoms with Gasteiger partial charge < -0.3 is 16.0 Å². The van der Waals surface area contributed by atoms with E-state index in [9.17, 15) is 4.79 Å². The lowest BCUT2D eigenvalue weighted by Gasteiger charge is -2.24. The van der Waals surface area contributed by atoms with E-state index in [0.29, 0.717) is 4.75 Å². The number of nitrogens with one attached hydrogen (secondary N) is 3. The number of guanidine groups is 1. The SMILES string of the molecule is CCNC(=NCC1(C)CCCS1)NCCCNC(=O)C1CCC1. The molecule has 2 aliphatic rings. The van der Waals surface area contributed by atoms with E-state index in [2.05, 4.69) is 29.8 Å². The number of rotatable bonds is 8. The molecule has 0 aromatic carbocycles. The highest BCUT2D eigenvalue weighted by Gasteiger charge is 2.29. The van der Waals surface area contributed by atoms with Crippen molar-refractivity contribution in [3.63, 3.8) is 0 Å². The normalized spacial score (nSPS) is 25.0. The molecule has 0 spiro atoms. The number of amides is 1.